The minimum atomic E-state index is -0.185. The van der Waals surface area contributed by atoms with E-state index in [0.717, 1.165) is 44.6 Å². The molecular formula is C16H24FNO2. The third-order valence-corrected chi connectivity index (χ3v) is 4.06. The molecule has 20 heavy (non-hydrogen) atoms. The second-order valence-electron chi connectivity index (χ2n) is 5.61. The second-order valence-corrected chi connectivity index (χ2v) is 5.61. The summed E-state index contributed by atoms with van der Waals surface area (Å²) in [7, 11) is 1.78. The van der Waals surface area contributed by atoms with Gasteiger partial charge in [0.25, 0.3) is 0 Å². The van der Waals surface area contributed by atoms with Crippen LogP contribution in [0.15, 0.2) is 24.3 Å². The summed E-state index contributed by atoms with van der Waals surface area (Å²) in [4.78, 5) is 0. The quantitative estimate of drug-likeness (QED) is 0.869. The Morgan fingerprint density at radius 1 is 1.30 bits per heavy atom. The van der Waals surface area contributed by atoms with Gasteiger partial charge in [-0.1, -0.05) is 12.1 Å². The normalized spacial score (nSPS) is 19.8. The molecule has 4 heteroatoms. The van der Waals surface area contributed by atoms with Gasteiger partial charge in [-0.15, -0.1) is 0 Å². The number of nitrogens with one attached hydrogen (secondary N) is 1. The maximum atomic E-state index is 12.9. The van der Waals surface area contributed by atoms with E-state index < -0.39 is 0 Å². The van der Waals surface area contributed by atoms with Crippen molar-refractivity contribution in [2.24, 2.45) is 0 Å². The summed E-state index contributed by atoms with van der Waals surface area (Å²) >= 11 is 0. The molecule has 1 fully saturated rings. The van der Waals surface area contributed by atoms with Crippen molar-refractivity contribution < 1.29 is 13.9 Å². The van der Waals surface area contributed by atoms with Gasteiger partial charge in [0, 0.05) is 45.8 Å². The zero-order valence-electron chi connectivity index (χ0n) is 12.3. The molecule has 0 amide bonds. The molecule has 3 nitrogen and oxygen atoms in total. The van der Waals surface area contributed by atoms with Crippen molar-refractivity contribution >= 4 is 0 Å². The highest BCUT2D eigenvalue weighted by atomic mass is 19.1. The maximum Gasteiger partial charge on any atom is 0.123 e. The Labute approximate surface area is 120 Å². The molecule has 0 aromatic heterocycles. The molecular weight excluding hydrogens is 257 g/mol. The SMILES string of the molecule is COC1(CNC(C)Cc2ccc(F)cc2)CCOCC1. The van der Waals surface area contributed by atoms with Crippen molar-refractivity contribution in [3.05, 3.63) is 35.6 Å². The molecule has 1 atom stereocenters. The summed E-state index contributed by atoms with van der Waals surface area (Å²) in [5, 5.41) is 3.53. The van der Waals surface area contributed by atoms with Crippen LogP contribution in [0.5, 0.6) is 0 Å². The van der Waals surface area contributed by atoms with Gasteiger partial charge in [0.05, 0.1) is 5.60 Å². The van der Waals surface area contributed by atoms with E-state index in [2.05, 4.69) is 12.2 Å². The van der Waals surface area contributed by atoms with E-state index in [1.165, 1.54) is 12.1 Å². The first-order valence-corrected chi connectivity index (χ1v) is 7.24. The summed E-state index contributed by atoms with van der Waals surface area (Å²) < 4.78 is 24.0. The third-order valence-electron chi connectivity index (χ3n) is 4.06. The molecule has 1 aromatic carbocycles. The lowest BCUT2D eigenvalue weighted by molar-refractivity contribution is -0.0884. The molecule has 1 heterocycles. The van der Waals surface area contributed by atoms with Crippen molar-refractivity contribution in [3.8, 4) is 0 Å². The lowest BCUT2D eigenvalue weighted by Crippen LogP contribution is -2.49. The average molecular weight is 281 g/mol. The molecule has 1 unspecified atom stereocenters. The van der Waals surface area contributed by atoms with Gasteiger partial charge in [0.2, 0.25) is 0 Å². The summed E-state index contributed by atoms with van der Waals surface area (Å²) in [5.74, 6) is -0.185. The zero-order valence-corrected chi connectivity index (χ0v) is 12.3. The molecule has 0 saturated carbocycles. The highest BCUT2D eigenvalue weighted by Crippen LogP contribution is 2.23. The van der Waals surface area contributed by atoms with E-state index in [1.54, 1.807) is 7.11 Å². The van der Waals surface area contributed by atoms with Crippen LogP contribution in [0, 0.1) is 5.82 Å². The van der Waals surface area contributed by atoms with Crippen LogP contribution >= 0.6 is 0 Å². The minimum Gasteiger partial charge on any atom is -0.381 e. The van der Waals surface area contributed by atoms with Gasteiger partial charge in [0.15, 0.2) is 0 Å². The molecule has 0 radical (unpaired) electrons. The van der Waals surface area contributed by atoms with Gasteiger partial charge in [-0.2, -0.15) is 0 Å². The first-order chi connectivity index (χ1) is 9.63. The number of rotatable bonds is 6. The van der Waals surface area contributed by atoms with Gasteiger partial charge in [-0.05, 0) is 31.0 Å². The molecule has 0 bridgehead atoms. The summed E-state index contributed by atoms with van der Waals surface area (Å²) in [6, 6.07) is 7.03. The van der Waals surface area contributed by atoms with Gasteiger partial charge < -0.3 is 14.8 Å². The molecule has 2 rings (SSSR count). The highest BCUT2D eigenvalue weighted by Gasteiger charge is 2.32. The van der Waals surface area contributed by atoms with E-state index in [4.69, 9.17) is 9.47 Å². The van der Waals surface area contributed by atoms with Gasteiger partial charge in [0.1, 0.15) is 5.82 Å². The van der Waals surface area contributed by atoms with Crippen molar-refractivity contribution in [1.29, 1.82) is 0 Å². The van der Waals surface area contributed by atoms with E-state index >= 15 is 0 Å². The van der Waals surface area contributed by atoms with E-state index in [1.807, 2.05) is 12.1 Å². The number of methoxy groups -OCH3 is 1. The zero-order chi connectivity index (χ0) is 14.4. The maximum absolute atomic E-state index is 12.9. The number of benzene rings is 1. The van der Waals surface area contributed by atoms with Crippen LogP contribution in [0.2, 0.25) is 0 Å². The second kappa shape index (κ2) is 7.16. The fourth-order valence-electron chi connectivity index (χ4n) is 2.60. The Balaban J connectivity index is 1.81. The van der Waals surface area contributed by atoms with Crippen LogP contribution in [-0.4, -0.2) is 38.5 Å². The van der Waals surface area contributed by atoms with Crippen LogP contribution in [0.25, 0.3) is 0 Å². The fraction of sp³-hybridized carbons (Fsp3) is 0.625. The molecule has 1 aliphatic heterocycles. The van der Waals surface area contributed by atoms with E-state index in [0.29, 0.717) is 6.04 Å². The van der Waals surface area contributed by atoms with Crippen molar-refractivity contribution in [1.82, 2.24) is 5.32 Å². The van der Waals surface area contributed by atoms with Crippen LogP contribution in [-0.2, 0) is 15.9 Å². The summed E-state index contributed by atoms with van der Waals surface area (Å²) in [5.41, 5.74) is 1.04. The Hall–Kier alpha value is -0.970. The molecule has 112 valence electrons. The Morgan fingerprint density at radius 3 is 2.55 bits per heavy atom. The van der Waals surface area contributed by atoms with Gasteiger partial charge in [-0.25, -0.2) is 4.39 Å². The molecule has 0 aliphatic carbocycles. The number of ether oxygens (including phenoxy) is 2. The average Bonchev–Trinajstić information content (AvgIpc) is 2.49. The molecule has 1 N–H and O–H groups in total. The molecule has 0 spiro atoms. The van der Waals surface area contributed by atoms with Gasteiger partial charge >= 0.3 is 0 Å². The largest absolute Gasteiger partial charge is 0.381 e. The van der Waals surface area contributed by atoms with Crippen molar-refractivity contribution in [2.45, 2.75) is 37.8 Å². The number of halogens is 1. The van der Waals surface area contributed by atoms with E-state index in [9.17, 15) is 4.39 Å². The fourth-order valence-corrected chi connectivity index (χ4v) is 2.60. The predicted octanol–water partition coefficient (Wildman–Crippen LogP) is 2.54. The first-order valence-electron chi connectivity index (χ1n) is 7.24. The van der Waals surface area contributed by atoms with Gasteiger partial charge in [-0.3, -0.25) is 0 Å². The Kier molecular flexibility index (Phi) is 5.52. The summed E-state index contributed by atoms with van der Waals surface area (Å²) in [6.07, 6.45) is 2.75. The Bertz CT molecular complexity index is 401. The van der Waals surface area contributed by atoms with Crippen LogP contribution in [0.3, 0.4) is 0 Å². The summed E-state index contributed by atoms with van der Waals surface area (Å²) in [6.45, 7) is 4.50. The molecule has 1 saturated heterocycles. The first kappa shape index (κ1) is 15.4. The smallest absolute Gasteiger partial charge is 0.123 e. The standard InChI is InChI=1S/C16H24FNO2/c1-13(11-14-3-5-15(17)6-4-14)18-12-16(19-2)7-9-20-10-8-16/h3-6,13,18H,7-12H2,1-2H3. The predicted molar refractivity (Wildman–Crippen MR) is 77.4 cm³/mol. The third kappa shape index (κ3) is 4.27. The minimum absolute atomic E-state index is 0.102. The topological polar surface area (TPSA) is 30.5 Å². The van der Waals surface area contributed by atoms with E-state index in [-0.39, 0.29) is 11.4 Å². The van der Waals surface area contributed by atoms with Crippen molar-refractivity contribution in [2.75, 3.05) is 26.9 Å². The highest BCUT2D eigenvalue weighted by molar-refractivity contribution is 5.17. The number of hydrogen-bond acceptors (Lipinski definition) is 3. The molecule has 1 aromatic rings. The lowest BCUT2D eigenvalue weighted by Gasteiger charge is -2.37. The Morgan fingerprint density at radius 2 is 1.95 bits per heavy atom. The van der Waals surface area contributed by atoms with Crippen LogP contribution < -0.4 is 5.32 Å². The van der Waals surface area contributed by atoms with Crippen molar-refractivity contribution in [3.63, 3.8) is 0 Å². The monoisotopic (exact) mass is 281 g/mol. The van der Waals surface area contributed by atoms with Crippen LogP contribution in [0.1, 0.15) is 25.3 Å². The molecule has 1 aliphatic rings. The van der Waals surface area contributed by atoms with Crippen LogP contribution in [0.4, 0.5) is 4.39 Å². The lowest BCUT2D eigenvalue weighted by atomic mass is 9.93. The number of hydrogen-bond donors (Lipinski definition) is 1.